The monoisotopic (exact) mass is 321 g/mol. The summed E-state index contributed by atoms with van der Waals surface area (Å²) in [5, 5.41) is 2.90. The molecule has 3 aliphatic rings. The first-order valence-electron chi connectivity index (χ1n) is 8.86. The number of carbonyl (C=O) groups excluding carboxylic acids is 3. The fourth-order valence-corrected chi connectivity index (χ4v) is 4.13. The van der Waals surface area contributed by atoms with Crippen molar-refractivity contribution in [3.8, 4) is 0 Å². The van der Waals surface area contributed by atoms with Crippen molar-refractivity contribution in [3.63, 3.8) is 0 Å². The van der Waals surface area contributed by atoms with E-state index in [-0.39, 0.29) is 24.3 Å². The van der Waals surface area contributed by atoms with Crippen LogP contribution in [0.5, 0.6) is 0 Å². The van der Waals surface area contributed by atoms with Crippen LogP contribution in [0.25, 0.3) is 0 Å². The Bertz CT molecular complexity index is 513. The molecule has 3 rings (SSSR count). The maximum absolute atomic E-state index is 12.8. The predicted octanol–water partition coefficient (Wildman–Crippen LogP) is 1.75. The van der Waals surface area contributed by atoms with E-state index in [1.807, 2.05) is 6.92 Å². The fraction of sp³-hybridized carbons (Fsp3) is 0.824. The second kappa shape index (κ2) is 6.13. The van der Waals surface area contributed by atoms with E-state index < -0.39 is 11.6 Å². The first-order valence-corrected chi connectivity index (χ1v) is 8.86. The van der Waals surface area contributed by atoms with E-state index >= 15 is 0 Å². The van der Waals surface area contributed by atoms with Gasteiger partial charge in [-0.1, -0.05) is 26.7 Å². The van der Waals surface area contributed by atoms with Crippen molar-refractivity contribution in [2.75, 3.05) is 19.6 Å². The maximum atomic E-state index is 12.8. The Kier molecular flexibility index (Phi) is 4.34. The molecule has 0 bridgehead atoms. The van der Waals surface area contributed by atoms with Gasteiger partial charge in [0.05, 0.1) is 0 Å². The molecular formula is C17H27N3O3. The van der Waals surface area contributed by atoms with Crippen molar-refractivity contribution in [1.82, 2.24) is 15.1 Å². The van der Waals surface area contributed by atoms with Crippen LogP contribution in [0.1, 0.15) is 52.4 Å². The van der Waals surface area contributed by atoms with E-state index in [0.717, 1.165) is 50.1 Å². The molecule has 0 aromatic heterocycles. The second-order valence-electron chi connectivity index (χ2n) is 7.50. The summed E-state index contributed by atoms with van der Waals surface area (Å²) in [6, 6.07) is -0.400. The van der Waals surface area contributed by atoms with Gasteiger partial charge in [-0.05, 0) is 37.5 Å². The molecule has 3 fully saturated rings. The maximum Gasteiger partial charge on any atom is 0.325 e. The normalized spacial score (nSPS) is 32.5. The minimum atomic E-state index is -0.772. The fourth-order valence-electron chi connectivity index (χ4n) is 4.13. The molecule has 128 valence electrons. The van der Waals surface area contributed by atoms with Crippen LogP contribution < -0.4 is 5.32 Å². The van der Waals surface area contributed by atoms with Crippen LogP contribution in [-0.2, 0) is 9.59 Å². The van der Waals surface area contributed by atoms with Gasteiger partial charge < -0.3 is 10.2 Å². The van der Waals surface area contributed by atoms with Crippen LogP contribution in [0.2, 0.25) is 0 Å². The number of hydrogen-bond donors (Lipinski definition) is 1. The number of amides is 4. The first kappa shape index (κ1) is 16.3. The summed E-state index contributed by atoms with van der Waals surface area (Å²) in [4.78, 5) is 40.5. The van der Waals surface area contributed by atoms with Gasteiger partial charge in [0, 0.05) is 13.1 Å². The third-order valence-electron chi connectivity index (χ3n) is 5.93. The Balaban J connectivity index is 1.67. The average Bonchev–Trinajstić information content (AvgIpc) is 2.76. The summed E-state index contributed by atoms with van der Waals surface area (Å²) < 4.78 is 0. The number of nitrogens with zero attached hydrogens (tertiary/aromatic N) is 2. The molecule has 1 aliphatic carbocycles. The van der Waals surface area contributed by atoms with E-state index in [4.69, 9.17) is 0 Å². The summed E-state index contributed by atoms with van der Waals surface area (Å²) in [5.41, 5.74) is -0.772. The van der Waals surface area contributed by atoms with Crippen LogP contribution in [-0.4, -0.2) is 52.8 Å². The molecule has 4 amide bonds. The molecule has 1 saturated carbocycles. The predicted molar refractivity (Wildman–Crippen MR) is 85.6 cm³/mol. The second-order valence-corrected chi connectivity index (χ2v) is 7.50. The molecule has 0 aromatic rings. The minimum absolute atomic E-state index is 0.110. The number of carbonyl (C=O) groups is 3. The van der Waals surface area contributed by atoms with E-state index in [1.54, 1.807) is 4.90 Å². The van der Waals surface area contributed by atoms with Crippen LogP contribution in [0.3, 0.4) is 0 Å². The molecule has 2 saturated heterocycles. The molecule has 6 heteroatoms. The van der Waals surface area contributed by atoms with Gasteiger partial charge in [-0.2, -0.15) is 0 Å². The lowest BCUT2D eigenvalue weighted by atomic mass is 9.73. The highest BCUT2D eigenvalue weighted by Crippen LogP contribution is 2.38. The topological polar surface area (TPSA) is 69.7 Å². The Morgan fingerprint density at radius 1 is 1.17 bits per heavy atom. The lowest BCUT2D eigenvalue weighted by molar-refractivity contribution is -0.141. The van der Waals surface area contributed by atoms with E-state index in [9.17, 15) is 14.4 Å². The van der Waals surface area contributed by atoms with Gasteiger partial charge >= 0.3 is 6.03 Å². The van der Waals surface area contributed by atoms with Crippen molar-refractivity contribution in [1.29, 1.82) is 0 Å². The lowest BCUT2D eigenvalue weighted by Crippen LogP contribution is -2.54. The third-order valence-corrected chi connectivity index (χ3v) is 5.93. The zero-order valence-corrected chi connectivity index (χ0v) is 14.1. The molecule has 0 unspecified atom stereocenters. The molecule has 0 radical (unpaired) electrons. The summed E-state index contributed by atoms with van der Waals surface area (Å²) in [6.45, 7) is 5.55. The van der Waals surface area contributed by atoms with E-state index in [2.05, 4.69) is 12.2 Å². The summed E-state index contributed by atoms with van der Waals surface area (Å²) in [7, 11) is 0. The molecule has 1 N–H and O–H groups in total. The standard InChI is InChI=1S/C17H27N3O3/c1-12-6-9-19(10-7-12)14(21)11-20-15(22)17(18-16(20)23)8-4-3-5-13(17)2/h12-13H,3-11H2,1-2H3,(H,18,23)/t13-,17-/m0/s1. The van der Waals surface area contributed by atoms with Gasteiger partial charge in [0.15, 0.2) is 0 Å². The number of hydrogen-bond acceptors (Lipinski definition) is 3. The molecule has 1 spiro atoms. The highest BCUT2D eigenvalue weighted by Gasteiger charge is 2.55. The molecule has 23 heavy (non-hydrogen) atoms. The largest absolute Gasteiger partial charge is 0.341 e. The highest BCUT2D eigenvalue weighted by molar-refractivity contribution is 6.09. The number of piperidine rings is 1. The Hall–Kier alpha value is -1.59. The van der Waals surface area contributed by atoms with E-state index in [1.165, 1.54) is 0 Å². The lowest BCUT2D eigenvalue weighted by Gasteiger charge is -2.37. The van der Waals surface area contributed by atoms with Crippen molar-refractivity contribution < 1.29 is 14.4 Å². The Labute approximate surface area is 137 Å². The van der Waals surface area contributed by atoms with Crippen LogP contribution in [0.4, 0.5) is 4.79 Å². The summed E-state index contributed by atoms with van der Waals surface area (Å²) >= 11 is 0. The van der Waals surface area contributed by atoms with Crippen molar-refractivity contribution in [3.05, 3.63) is 0 Å². The van der Waals surface area contributed by atoms with Gasteiger partial charge in [0.2, 0.25) is 5.91 Å². The Morgan fingerprint density at radius 2 is 1.87 bits per heavy atom. The third kappa shape index (κ3) is 2.83. The summed E-state index contributed by atoms with van der Waals surface area (Å²) in [6.07, 6.45) is 5.65. The first-order chi connectivity index (χ1) is 10.9. The Morgan fingerprint density at radius 3 is 2.52 bits per heavy atom. The molecular weight excluding hydrogens is 294 g/mol. The number of imide groups is 1. The van der Waals surface area contributed by atoms with Gasteiger partial charge in [0.25, 0.3) is 5.91 Å². The van der Waals surface area contributed by atoms with Gasteiger partial charge in [-0.25, -0.2) is 4.79 Å². The number of rotatable bonds is 2. The van der Waals surface area contributed by atoms with Crippen molar-refractivity contribution in [2.24, 2.45) is 11.8 Å². The van der Waals surface area contributed by atoms with Crippen molar-refractivity contribution >= 4 is 17.8 Å². The van der Waals surface area contributed by atoms with Gasteiger partial charge in [-0.15, -0.1) is 0 Å². The number of likely N-dealkylation sites (tertiary alicyclic amines) is 1. The molecule has 2 atom stereocenters. The summed E-state index contributed by atoms with van der Waals surface area (Å²) in [5.74, 6) is 0.458. The number of urea groups is 1. The molecule has 2 aliphatic heterocycles. The SMILES string of the molecule is CC1CCN(C(=O)CN2C(=O)N[C@]3(CCCC[C@@H]3C)C2=O)CC1. The average molecular weight is 321 g/mol. The van der Waals surface area contributed by atoms with Crippen LogP contribution in [0.15, 0.2) is 0 Å². The van der Waals surface area contributed by atoms with Gasteiger partial charge in [-0.3, -0.25) is 14.5 Å². The van der Waals surface area contributed by atoms with Crippen LogP contribution in [0, 0.1) is 11.8 Å². The van der Waals surface area contributed by atoms with E-state index in [0.29, 0.717) is 12.3 Å². The smallest absolute Gasteiger partial charge is 0.325 e. The highest BCUT2D eigenvalue weighted by atomic mass is 16.2. The molecule has 2 heterocycles. The number of nitrogens with one attached hydrogen (secondary N) is 1. The van der Waals surface area contributed by atoms with Crippen molar-refractivity contribution in [2.45, 2.75) is 57.9 Å². The molecule has 6 nitrogen and oxygen atoms in total. The van der Waals surface area contributed by atoms with Gasteiger partial charge in [0.1, 0.15) is 12.1 Å². The zero-order chi connectivity index (χ0) is 16.6. The molecule has 0 aromatic carbocycles. The van der Waals surface area contributed by atoms with Crippen LogP contribution >= 0.6 is 0 Å². The quantitative estimate of drug-likeness (QED) is 0.788. The zero-order valence-electron chi connectivity index (χ0n) is 14.1. The minimum Gasteiger partial charge on any atom is -0.341 e.